The molecule has 0 aliphatic heterocycles. The van der Waals surface area contributed by atoms with Gasteiger partial charge in [-0.15, -0.1) is 0 Å². The van der Waals surface area contributed by atoms with E-state index in [2.05, 4.69) is 5.32 Å². The molecule has 0 unspecified atom stereocenters. The highest BCUT2D eigenvalue weighted by atomic mass is 35.5. The van der Waals surface area contributed by atoms with Crippen LogP contribution in [0, 0.1) is 0 Å². The maximum Gasteiger partial charge on any atom is 0.255 e. The van der Waals surface area contributed by atoms with Crippen LogP contribution >= 0.6 is 11.6 Å². The van der Waals surface area contributed by atoms with Gasteiger partial charge in [0.1, 0.15) is 0 Å². The maximum atomic E-state index is 12.1. The molecule has 0 heterocycles. The first-order chi connectivity index (χ1) is 9.83. The Morgan fingerprint density at radius 3 is 2.52 bits per heavy atom. The van der Waals surface area contributed by atoms with Crippen molar-refractivity contribution in [1.82, 2.24) is 0 Å². The van der Waals surface area contributed by atoms with Crippen LogP contribution in [0.15, 0.2) is 48.5 Å². The summed E-state index contributed by atoms with van der Waals surface area (Å²) in [6.07, 6.45) is 1.16. The number of benzene rings is 2. The lowest BCUT2D eigenvalue weighted by atomic mass is 10.1. The Morgan fingerprint density at radius 2 is 1.86 bits per heavy atom. The van der Waals surface area contributed by atoms with Crippen molar-refractivity contribution in [3.8, 4) is 0 Å². The molecule has 1 amide bonds. The van der Waals surface area contributed by atoms with E-state index >= 15 is 0 Å². The van der Waals surface area contributed by atoms with Crippen LogP contribution < -0.4 is 5.32 Å². The number of hydrogen-bond donors (Lipinski definition) is 1. The monoisotopic (exact) mass is 323 g/mol. The molecule has 0 fully saturated rings. The van der Waals surface area contributed by atoms with Gasteiger partial charge in [0, 0.05) is 22.5 Å². The van der Waals surface area contributed by atoms with Crippen molar-refractivity contribution >= 4 is 33.0 Å². The smallest absolute Gasteiger partial charge is 0.255 e. The van der Waals surface area contributed by atoms with Crippen LogP contribution in [0.5, 0.6) is 0 Å². The number of rotatable bonds is 4. The van der Waals surface area contributed by atoms with Crippen molar-refractivity contribution in [3.05, 3.63) is 64.7 Å². The molecule has 21 heavy (non-hydrogen) atoms. The van der Waals surface area contributed by atoms with Crippen LogP contribution in [0.4, 0.5) is 5.69 Å². The zero-order valence-corrected chi connectivity index (χ0v) is 12.9. The molecule has 0 radical (unpaired) electrons. The fraction of sp³-hybridized carbons (Fsp3) is 0.133. The van der Waals surface area contributed by atoms with Crippen LogP contribution in [0.25, 0.3) is 0 Å². The summed E-state index contributed by atoms with van der Waals surface area (Å²) >= 11 is 5.85. The van der Waals surface area contributed by atoms with Crippen molar-refractivity contribution in [1.29, 1.82) is 0 Å². The van der Waals surface area contributed by atoms with E-state index in [4.69, 9.17) is 11.6 Å². The molecule has 4 nitrogen and oxygen atoms in total. The zero-order valence-electron chi connectivity index (χ0n) is 11.3. The molecule has 0 atom stereocenters. The maximum absolute atomic E-state index is 12.1. The number of halogens is 1. The normalized spacial score (nSPS) is 11.1. The van der Waals surface area contributed by atoms with E-state index < -0.39 is 9.84 Å². The third kappa shape index (κ3) is 4.88. The van der Waals surface area contributed by atoms with Crippen molar-refractivity contribution < 1.29 is 13.2 Å². The SMILES string of the molecule is CS(=O)(=O)Cc1cccc(C(=O)Nc2cccc(Cl)c2)c1. The van der Waals surface area contributed by atoms with Crippen molar-refractivity contribution in [2.75, 3.05) is 11.6 Å². The average molecular weight is 324 g/mol. The fourth-order valence-electron chi connectivity index (χ4n) is 1.87. The van der Waals surface area contributed by atoms with Crippen LogP contribution in [-0.2, 0) is 15.6 Å². The van der Waals surface area contributed by atoms with Gasteiger partial charge in [-0.3, -0.25) is 4.79 Å². The third-order valence-corrected chi connectivity index (χ3v) is 3.79. The Labute approximate surface area is 128 Å². The lowest BCUT2D eigenvalue weighted by Crippen LogP contribution is -2.12. The van der Waals surface area contributed by atoms with E-state index in [0.29, 0.717) is 21.8 Å². The van der Waals surface area contributed by atoms with Crippen molar-refractivity contribution in [2.24, 2.45) is 0 Å². The average Bonchev–Trinajstić information content (AvgIpc) is 2.37. The van der Waals surface area contributed by atoms with Crippen LogP contribution in [0.3, 0.4) is 0 Å². The first-order valence-electron chi connectivity index (χ1n) is 6.17. The summed E-state index contributed by atoms with van der Waals surface area (Å²) in [5.41, 5.74) is 1.56. The molecular formula is C15H14ClNO3S. The molecule has 0 saturated carbocycles. The van der Waals surface area contributed by atoms with Gasteiger partial charge in [-0.25, -0.2) is 8.42 Å². The molecular weight excluding hydrogens is 310 g/mol. The van der Waals surface area contributed by atoms with Gasteiger partial charge in [0.05, 0.1) is 5.75 Å². The topological polar surface area (TPSA) is 63.2 Å². The summed E-state index contributed by atoms with van der Waals surface area (Å²) in [4.78, 5) is 12.1. The lowest BCUT2D eigenvalue weighted by molar-refractivity contribution is 0.102. The Balaban J connectivity index is 2.18. The molecule has 0 saturated heterocycles. The number of hydrogen-bond acceptors (Lipinski definition) is 3. The number of sulfone groups is 1. The van der Waals surface area contributed by atoms with Gasteiger partial charge < -0.3 is 5.32 Å². The fourth-order valence-corrected chi connectivity index (χ4v) is 2.85. The number of carbonyl (C=O) groups is 1. The van der Waals surface area contributed by atoms with Gasteiger partial charge in [0.15, 0.2) is 9.84 Å². The van der Waals surface area contributed by atoms with Crippen LogP contribution in [0.1, 0.15) is 15.9 Å². The number of amides is 1. The van der Waals surface area contributed by atoms with E-state index in [1.165, 1.54) is 0 Å². The molecule has 0 spiro atoms. The molecule has 0 bridgehead atoms. The molecule has 0 aromatic heterocycles. The lowest BCUT2D eigenvalue weighted by Gasteiger charge is -2.07. The quantitative estimate of drug-likeness (QED) is 0.940. The highest BCUT2D eigenvalue weighted by Gasteiger charge is 2.10. The minimum atomic E-state index is -3.13. The molecule has 6 heteroatoms. The summed E-state index contributed by atoms with van der Waals surface area (Å²) in [5.74, 6) is -0.404. The third-order valence-electron chi connectivity index (χ3n) is 2.70. The minimum Gasteiger partial charge on any atom is -0.322 e. The van der Waals surface area contributed by atoms with Crippen LogP contribution in [-0.4, -0.2) is 20.6 Å². The minimum absolute atomic E-state index is 0.0920. The summed E-state index contributed by atoms with van der Waals surface area (Å²) in [6.45, 7) is 0. The largest absolute Gasteiger partial charge is 0.322 e. The number of anilines is 1. The van der Waals surface area contributed by atoms with E-state index in [9.17, 15) is 13.2 Å². The van der Waals surface area contributed by atoms with Gasteiger partial charge in [-0.1, -0.05) is 29.8 Å². The van der Waals surface area contributed by atoms with E-state index in [1.807, 2.05) is 0 Å². The summed E-state index contributed by atoms with van der Waals surface area (Å²) < 4.78 is 22.6. The predicted molar refractivity (Wildman–Crippen MR) is 84.4 cm³/mol. The summed E-state index contributed by atoms with van der Waals surface area (Å²) in [7, 11) is -3.13. The van der Waals surface area contributed by atoms with E-state index in [1.54, 1.807) is 48.5 Å². The molecule has 110 valence electrons. The van der Waals surface area contributed by atoms with Gasteiger partial charge in [0.25, 0.3) is 5.91 Å². The number of nitrogens with one attached hydrogen (secondary N) is 1. The predicted octanol–water partition coefficient (Wildman–Crippen LogP) is 3.14. The van der Waals surface area contributed by atoms with Crippen molar-refractivity contribution in [2.45, 2.75) is 5.75 Å². The van der Waals surface area contributed by atoms with Gasteiger partial charge in [-0.05, 0) is 35.9 Å². The van der Waals surface area contributed by atoms with Gasteiger partial charge in [-0.2, -0.15) is 0 Å². The van der Waals surface area contributed by atoms with Crippen molar-refractivity contribution in [3.63, 3.8) is 0 Å². The first-order valence-corrected chi connectivity index (χ1v) is 8.61. The Morgan fingerprint density at radius 1 is 1.14 bits per heavy atom. The second-order valence-corrected chi connectivity index (χ2v) is 7.31. The molecule has 1 N–H and O–H groups in total. The summed E-state index contributed by atoms with van der Waals surface area (Å²) in [5, 5.41) is 3.24. The molecule has 2 aromatic rings. The molecule has 0 aliphatic carbocycles. The van der Waals surface area contributed by atoms with Gasteiger partial charge >= 0.3 is 0 Å². The second-order valence-electron chi connectivity index (χ2n) is 4.73. The molecule has 2 rings (SSSR count). The standard InChI is InChI=1S/C15H14ClNO3S/c1-21(19,20)10-11-4-2-5-12(8-11)15(18)17-14-7-3-6-13(16)9-14/h2-9H,10H2,1H3,(H,17,18). The van der Waals surface area contributed by atoms with E-state index in [-0.39, 0.29) is 11.7 Å². The van der Waals surface area contributed by atoms with Crippen LogP contribution in [0.2, 0.25) is 5.02 Å². The highest BCUT2D eigenvalue weighted by Crippen LogP contribution is 2.16. The zero-order chi connectivity index (χ0) is 15.5. The highest BCUT2D eigenvalue weighted by molar-refractivity contribution is 7.89. The Bertz CT molecular complexity index is 772. The first kappa shape index (κ1) is 15.5. The molecule has 2 aromatic carbocycles. The Kier molecular flexibility index (Phi) is 4.65. The summed E-state index contributed by atoms with van der Waals surface area (Å²) in [6, 6.07) is 13.4. The second kappa shape index (κ2) is 6.28. The Hall–Kier alpha value is -1.85. The van der Waals surface area contributed by atoms with Gasteiger partial charge in [0.2, 0.25) is 0 Å². The molecule has 0 aliphatic rings. The number of carbonyl (C=O) groups excluding carboxylic acids is 1. The van der Waals surface area contributed by atoms with E-state index in [0.717, 1.165) is 6.26 Å².